The molecule has 1 heterocycles. The molecule has 0 fully saturated rings. The second-order valence-electron chi connectivity index (χ2n) is 3.52. The highest BCUT2D eigenvalue weighted by Crippen LogP contribution is 2.32. The van der Waals surface area contributed by atoms with E-state index in [-0.39, 0.29) is 0 Å². The Morgan fingerprint density at radius 2 is 1.88 bits per heavy atom. The van der Waals surface area contributed by atoms with Crippen LogP contribution < -0.4 is 0 Å². The van der Waals surface area contributed by atoms with Gasteiger partial charge in [0.05, 0.1) is 0 Å². The van der Waals surface area contributed by atoms with Gasteiger partial charge in [0.15, 0.2) is 0 Å². The average molecular weight is 362 g/mol. The summed E-state index contributed by atoms with van der Waals surface area (Å²) in [7, 11) is 0. The Kier molecular flexibility index (Phi) is 3.85. The molecule has 2 rings (SSSR count). The van der Waals surface area contributed by atoms with Gasteiger partial charge in [-0.1, -0.05) is 6.07 Å². The summed E-state index contributed by atoms with van der Waals surface area (Å²) in [6, 6.07) is 9.79. The molecule has 84 valence electrons. The number of thiophene rings is 1. The first-order valence-electron chi connectivity index (χ1n) is 4.77. The first-order chi connectivity index (χ1) is 7.58. The summed E-state index contributed by atoms with van der Waals surface area (Å²) in [5, 5.41) is 10.2. The topological polar surface area (TPSA) is 20.2 Å². The molecule has 1 unspecified atom stereocenters. The van der Waals surface area contributed by atoms with Crippen molar-refractivity contribution in [1.29, 1.82) is 0 Å². The summed E-state index contributed by atoms with van der Waals surface area (Å²) in [4.78, 5) is 2.19. The third-order valence-corrected chi connectivity index (χ3v) is 5.22. The zero-order valence-electron chi connectivity index (χ0n) is 8.58. The van der Waals surface area contributed by atoms with E-state index in [0.29, 0.717) is 0 Å². The molecule has 0 radical (unpaired) electrons. The quantitative estimate of drug-likeness (QED) is 0.824. The Balaban J connectivity index is 2.33. The maximum atomic E-state index is 10.2. The molecular formula is C12H10Br2OS. The predicted molar refractivity (Wildman–Crippen MR) is 75.0 cm³/mol. The highest BCUT2D eigenvalue weighted by molar-refractivity contribution is 9.13. The fraction of sp³-hybridized carbons (Fsp3) is 0.167. The minimum Gasteiger partial charge on any atom is -0.383 e. The number of hydrogen-bond donors (Lipinski definition) is 1. The number of hydrogen-bond acceptors (Lipinski definition) is 2. The second-order valence-corrected chi connectivity index (χ2v) is 6.55. The number of rotatable bonds is 2. The summed E-state index contributed by atoms with van der Waals surface area (Å²) >= 11 is 8.47. The van der Waals surface area contributed by atoms with Crippen molar-refractivity contribution in [2.75, 3.05) is 0 Å². The molecule has 0 aliphatic carbocycles. The number of aliphatic hydroxyl groups excluding tert-OH is 1. The van der Waals surface area contributed by atoms with Gasteiger partial charge < -0.3 is 5.11 Å². The molecule has 0 spiro atoms. The van der Waals surface area contributed by atoms with E-state index in [9.17, 15) is 5.11 Å². The second kappa shape index (κ2) is 5.00. The van der Waals surface area contributed by atoms with Crippen LogP contribution in [0.3, 0.4) is 0 Å². The molecule has 0 aliphatic heterocycles. The average Bonchev–Trinajstić information content (AvgIpc) is 2.68. The van der Waals surface area contributed by atoms with Crippen LogP contribution in [0.1, 0.15) is 21.4 Å². The Morgan fingerprint density at radius 1 is 1.12 bits per heavy atom. The first-order valence-corrected chi connectivity index (χ1v) is 7.17. The van der Waals surface area contributed by atoms with Crippen LogP contribution >= 0.6 is 43.2 Å². The molecule has 1 atom stereocenters. The minimum atomic E-state index is -0.539. The smallest absolute Gasteiger partial charge is 0.113 e. The molecule has 0 bridgehead atoms. The lowest BCUT2D eigenvalue weighted by molar-refractivity contribution is 0.224. The lowest BCUT2D eigenvalue weighted by Crippen LogP contribution is -1.96. The standard InChI is InChI=1S/C12H10Br2OS/c1-7-2-5-11(16-7)12(15)8-3-4-9(13)10(14)6-8/h2-6,12,15H,1H3. The Hall–Kier alpha value is -0.160. The van der Waals surface area contributed by atoms with Crippen LogP contribution in [0.25, 0.3) is 0 Å². The molecular weight excluding hydrogens is 352 g/mol. The largest absolute Gasteiger partial charge is 0.383 e. The fourth-order valence-corrected chi connectivity index (χ4v) is 2.98. The molecule has 16 heavy (non-hydrogen) atoms. The Bertz CT molecular complexity index is 507. The van der Waals surface area contributed by atoms with Gasteiger partial charge in [-0.2, -0.15) is 0 Å². The summed E-state index contributed by atoms with van der Waals surface area (Å²) in [5.74, 6) is 0. The van der Waals surface area contributed by atoms with Gasteiger partial charge in [0.1, 0.15) is 6.10 Å². The van der Waals surface area contributed by atoms with Crippen molar-refractivity contribution in [2.45, 2.75) is 13.0 Å². The van der Waals surface area contributed by atoms with E-state index in [1.807, 2.05) is 37.3 Å². The molecule has 2 aromatic rings. The van der Waals surface area contributed by atoms with Gasteiger partial charge in [0.2, 0.25) is 0 Å². The van der Waals surface area contributed by atoms with Gasteiger partial charge in [-0.25, -0.2) is 0 Å². The van der Waals surface area contributed by atoms with E-state index in [1.54, 1.807) is 11.3 Å². The number of aliphatic hydroxyl groups is 1. The van der Waals surface area contributed by atoms with Crippen molar-refractivity contribution in [3.63, 3.8) is 0 Å². The van der Waals surface area contributed by atoms with Gasteiger partial charge in [0, 0.05) is 18.7 Å². The Morgan fingerprint density at radius 3 is 2.44 bits per heavy atom. The van der Waals surface area contributed by atoms with E-state index in [2.05, 4.69) is 31.9 Å². The summed E-state index contributed by atoms with van der Waals surface area (Å²) in [6.07, 6.45) is -0.539. The number of benzene rings is 1. The van der Waals surface area contributed by atoms with E-state index in [0.717, 1.165) is 19.4 Å². The summed E-state index contributed by atoms with van der Waals surface area (Å²) in [5.41, 5.74) is 0.900. The van der Waals surface area contributed by atoms with Crippen LogP contribution in [-0.2, 0) is 0 Å². The molecule has 1 N–H and O–H groups in total. The van der Waals surface area contributed by atoms with Crippen molar-refractivity contribution < 1.29 is 5.11 Å². The first kappa shape index (κ1) is 12.3. The van der Waals surface area contributed by atoms with Gasteiger partial charge in [-0.15, -0.1) is 11.3 Å². The third kappa shape index (κ3) is 2.56. The van der Waals surface area contributed by atoms with Crippen molar-refractivity contribution in [1.82, 2.24) is 0 Å². The normalized spacial score (nSPS) is 12.8. The van der Waals surface area contributed by atoms with Crippen LogP contribution in [0, 0.1) is 6.92 Å². The summed E-state index contributed by atoms with van der Waals surface area (Å²) < 4.78 is 1.95. The maximum Gasteiger partial charge on any atom is 0.113 e. The molecule has 0 amide bonds. The highest BCUT2D eigenvalue weighted by Gasteiger charge is 2.13. The fourth-order valence-electron chi connectivity index (χ4n) is 1.45. The zero-order chi connectivity index (χ0) is 11.7. The lowest BCUT2D eigenvalue weighted by atomic mass is 10.1. The van der Waals surface area contributed by atoms with E-state index >= 15 is 0 Å². The SMILES string of the molecule is Cc1ccc(C(O)c2ccc(Br)c(Br)c2)s1. The van der Waals surface area contributed by atoms with Crippen molar-refractivity contribution in [2.24, 2.45) is 0 Å². The van der Waals surface area contributed by atoms with E-state index < -0.39 is 6.10 Å². The van der Waals surface area contributed by atoms with Crippen molar-refractivity contribution in [3.05, 3.63) is 54.6 Å². The van der Waals surface area contributed by atoms with E-state index in [4.69, 9.17) is 0 Å². The van der Waals surface area contributed by atoms with Gasteiger partial charge in [0.25, 0.3) is 0 Å². The van der Waals surface area contributed by atoms with Crippen LogP contribution in [0.5, 0.6) is 0 Å². The molecule has 1 aromatic heterocycles. The number of aryl methyl sites for hydroxylation is 1. The van der Waals surface area contributed by atoms with Gasteiger partial charge in [-0.05, 0) is 68.6 Å². The zero-order valence-corrected chi connectivity index (χ0v) is 12.6. The molecule has 1 nitrogen and oxygen atoms in total. The molecule has 4 heteroatoms. The van der Waals surface area contributed by atoms with Crippen LogP contribution in [0.2, 0.25) is 0 Å². The lowest BCUT2D eigenvalue weighted by Gasteiger charge is -2.09. The molecule has 1 aromatic carbocycles. The maximum absolute atomic E-state index is 10.2. The summed E-state index contributed by atoms with van der Waals surface area (Å²) in [6.45, 7) is 2.04. The van der Waals surface area contributed by atoms with Crippen molar-refractivity contribution in [3.8, 4) is 0 Å². The number of halogens is 2. The van der Waals surface area contributed by atoms with Crippen LogP contribution in [-0.4, -0.2) is 5.11 Å². The molecule has 0 saturated heterocycles. The minimum absolute atomic E-state index is 0.539. The van der Waals surface area contributed by atoms with Gasteiger partial charge in [-0.3, -0.25) is 0 Å². The highest BCUT2D eigenvalue weighted by atomic mass is 79.9. The predicted octanol–water partition coefficient (Wildman–Crippen LogP) is 4.66. The van der Waals surface area contributed by atoms with Crippen LogP contribution in [0.15, 0.2) is 39.3 Å². The third-order valence-electron chi connectivity index (χ3n) is 2.29. The monoisotopic (exact) mass is 360 g/mol. The molecule has 0 saturated carbocycles. The van der Waals surface area contributed by atoms with Crippen LogP contribution in [0.4, 0.5) is 0 Å². The van der Waals surface area contributed by atoms with Crippen molar-refractivity contribution >= 4 is 43.2 Å². The van der Waals surface area contributed by atoms with Gasteiger partial charge >= 0.3 is 0 Å². The Labute approximate surface area is 115 Å². The van der Waals surface area contributed by atoms with E-state index in [1.165, 1.54) is 4.88 Å². The molecule has 0 aliphatic rings.